The number of rotatable bonds is 7. The number of hydrogen-bond acceptors (Lipinski definition) is 4. The molecule has 1 aromatic carbocycles. The lowest BCUT2D eigenvalue weighted by Crippen LogP contribution is -2.34. The van der Waals surface area contributed by atoms with Crippen molar-refractivity contribution in [2.75, 3.05) is 33.2 Å². The van der Waals surface area contributed by atoms with Crippen molar-refractivity contribution in [1.82, 2.24) is 14.9 Å². The monoisotopic (exact) mass is 343 g/mol. The van der Waals surface area contributed by atoms with Gasteiger partial charge in [-0.1, -0.05) is 12.1 Å². The lowest BCUT2D eigenvalue weighted by molar-refractivity contribution is -0.130. The zero-order chi connectivity index (χ0) is 16.9. The van der Waals surface area contributed by atoms with Crippen molar-refractivity contribution in [2.24, 2.45) is 5.92 Å². The lowest BCUT2D eigenvalue weighted by Gasteiger charge is -2.16. The second-order valence-corrected chi connectivity index (χ2v) is 7.37. The number of nitrogens with one attached hydrogen (secondary N) is 2. The van der Waals surface area contributed by atoms with Gasteiger partial charge < -0.3 is 10.2 Å². The first-order chi connectivity index (χ1) is 10.9. The van der Waals surface area contributed by atoms with Gasteiger partial charge in [0.25, 0.3) is 0 Å². The minimum Gasteiger partial charge on any atom is -0.342 e. The smallest absolute Gasteiger partial charge is 0.243 e. The van der Waals surface area contributed by atoms with E-state index in [0.29, 0.717) is 19.0 Å². The van der Waals surface area contributed by atoms with Gasteiger partial charge in [0, 0.05) is 26.1 Å². The van der Waals surface area contributed by atoms with E-state index < -0.39 is 20.7 Å². The molecule has 1 aliphatic rings. The van der Waals surface area contributed by atoms with Crippen LogP contribution in [0.25, 0.3) is 0 Å². The van der Waals surface area contributed by atoms with Crippen LogP contribution >= 0.6 is 0 Å². The zero-order valence-corrected chi connectivity index (χ0v) is 13.9. The highest BCUT2D eigenvalue weighted by molar-refractivity contribution is 7.89. The van der Waals surface area contributed by atoms with Crippen molar-refractivity contribution >= 4 is 15.9 Å². The summed E-state index contributed by atoms with van der Waals surface area (Å²) in [5.74, 6) is -0.445. The molecule has 2 rings (SSSR count). The van der Waals surface area contributed by atoms with Crippen molar-refractivity contribution < 1.29 is 17.6 Å². The number of sulfonamides is 1. The summed E-state index contributed by atoms with van der Waals surface area (Å²) in [6.07, 6.45) is 1.02. The third kappa shape index (κ3) is 4.73. The van der Waals surface area contributed by atoms with E-state index in [2.05, 4.69) is 10.0 Å². The molecular formula is C15H22FN3O3S. The van der Waals surface area contributed by atoms with E-state index >= 15 is 0 Å². The number of carbonyl (C=O) groups is 1. The number of halogens is 1. The molecule has 1 amide bonds. The molecule has 1 unspecified atom stereocenters. The third-order valence-corrected chi connectivity index (χ3v) is 5.38. The van der Waals surface area contributed by atoms with Gasteiger partial charge in [-0.3, -0.25) is 4.79 Å². The average Bonchev–Trinajstić information content (AvgIpc) is 2.96. The Hall–Kier alpha value is -1.51. The van der Waals surface area contributed by atoms with Gasteiger partial charge in [-0.25, -0.2) is 17.5 Å². The summed E-state index contributed by atoms with van der Waals surface area (Å²) < 4.78 is 39.8. The maximum Gasteiger partial charge on any atom is 0.243 e. The Morgan fingerprint density at radius 3 is 2.83 bits per heavy atom. The first-order valence-corrected chi connectivity index (χ1v) is 9.09. The van der Waals surface area contributed by atoms with Crippen molar-refractivity contribution in [2.45, 2.75) is 17.7 Å². The molecule has 0 radical (unpaired) electrons. The number of likely N-dealkylation sites (tertiary alicyclic amines) is 1. The molecule has 1 fully saturated rings. The molecular weight excluding hydrogens is 321 g/mol. The standard InChI is InChI=1S/C15H22FN3O3S/c1-17-10-12-7-9-19(11-12)15(20)6-8-18-23(21,22)14-5-3-2-4-13(14)16/h2-5,12,17-18H,6-11H2,1H3. The van der Waals surface area contributed by atoms with Gasteiger partial charge in [-0.2, -0.15) is 0 Å². The summed E-state index contributed by atoms with van der Waals surface area (Å²) in [7, 11) is -2.06. The van der Waals surface area contributed by atoms with E-state index in [1.54, 1.807) is 4.90 Å². The fourth-order valence-electron chi connectivity index (χ4n) is 2.71. The molecule has 0 aromatic heterocycles. The maximum absolute atomic E-state index is 13.5. The molecule has 1 saturated heterocycles. The Morgan fingerprint density at radius 2 is 2.13 bits per heavy atom. The molecule has 0 saturated carbocycles. The molecule has 23 heavy (non-hydrogen) atoms. The molecule has 1 aliphatic heterocycles. The molecule has 1 aromatic rings. The van der Waals surface area contributed by atoms with Gasteiger partial charge >= 0.3 is 0 Å². The second kappa shape index (κ2) is 7.85. The Morgan fingerprint density at radius 1 is 1.39 bits per heavy atom. The molecule has 0 spiro atoms. The minimum atomic E-state index is -3.94. The van der Waals surface area contributed by atoms with E-state index in [1.807, 2.05) is 7.05 Å². The predicted octanol–water partition coefficient (Wildman–Crippen LogP) is 0.562. The van der Waals surface area contributed by atoms with Gasteiger partial charge in [0.15, 0.2) is 0 Å². The van der Waals surface area contributed by atoms with E-state index in [0.717, 1.165) is 19.0 Å². The van der Waals surface area contributed by atoms with Crippen LogP contribution in [0.4, 0.5) is 4.39 Å². The van der Waals surface area contributed by atoms with E-state index in [9.17, 15) is 17.6 Å². The first-order valence-electron chi connectivity index (χ1n) is 7.60. The van der Waals surface area contributed by atoms with Crippen LogP contribution in [0.1, 0.15) is 12.8 Å². The van der Waals surface area contributed by atoms with Crippen LogP contribution in [-0.4, -0.2) is 52.5 Å². The van der Waals surface area contributed by atoms with Crippen molar-refractivity contribution in [3.8, 4) is 0 Å². The number of hydrogen-bond donors (Lipinski definition) is 2. The number of benzene rings is 1. The van der Waals surface area contributed by atoms with Crippen molar-refractivity contribution in [1.29, 1.82) is 0 Å². The molecule has 1 heterocycles. The van der Waals surface area contributed by atoms with Gasteiger partial charge in [0.2, 0.25) is 15.9 Å². The van der Waals surface area contributed by atoms with Crippen LogP contribution in [0.15, 0.2) is 29.2 Å². The molecule has 128 valence electrons. The maximum atomic E-state index is 13.5. The van der Waals surface area contributed by atoms with Crippen LogP contribution in [-0.2, 0) is 14.8 Å². The molecule has 8 heteroatoms. The SMILES string of the molecule is CNCC1CCN(C(=O)CCNS(=O)(=O)c2ccccc2F)C1. The third-order valence-electron chi connectivity index (χ3n) is 3.89. The van der Waals surface area contributed by atoms with Crippen LogP contribution in [0.5, 0.6) is 0 Å². The largest absolute Gasteiger partial charge is 0.342 e. The van der Waals surface area contributed by atoms with E-state index in [1.165, 1.54) is 18.2 Å². The van der Waals surface area contributed by atoms with E-state index in [4.69, 9.17) is 0 Å². The van der Waals surface area contributed by atoms with Crippen LogP contribution < -0.4 is 10.0 Å². The van der Waals surface area contributed by atoms with Gasteiger partial charge in [-0.15, -0.1) is 0 Å². The van der Waals surface area contributed by atoms with Crippen molar-refractivity contribution in [3.05, 3.63) is 30.1 Å². The quantitative estimate of drug-likeness (QED) is 0.758. The summed E-state index contributed by atoms with van der Waals surface area (Å²) in [5, 5.41) is 3.09. The fraction of sp³-hybridized carbons (Fsp3) is 0.533. The molecule has 0 bridgehead atoms. The lowest BCUT2D eigenvalue weighted by atomic mass is 10.1. The molecule has 6 nitrogen and oxygen atoms in total. The zero-order valence-electron chi connectivity index (χ0n) is 13.1. The highest BCUT2D eigenvalue weighted by atomic mass is 32.2. The first kappa shape index (κ1) is 17.8. The highest BCUT2D eigenvalue weighted by Crippen LogP contribution is 2.16. The Bertz CT molecular complexity index is 651. The van der Waals surface area contributed by atoms with Crippen LogP contribution in [0.3, 0.4) is 0 Å². The Labute approximate surface area is 136 Å². The van der Waals surface area contributed by atoms with Gasteiger partial charge in [0.05, 0.1) is 0 Å². The summed E-state index contributed by atoms with van der Waals surface area (Å²) in [6.45, 7) is 2.22. The minimum absolute atomic E-state index is 0.0390. The summed E-state index contributed by atoms with van der Waals surface area (Å²) in [5.41, 5.74) is 0. The fourth-order valence-corrected chi connectivity index (χ4v) is 3.81. The molecule has 1 atom stereocenters. The number of amides is 1. The van der Waals surface area contributed by atoms with Crippen LogP contribution in [0, 0.1) is 11.7 Å². The summed E-state index contributed by atoms with van der Waals surface area (Å²) >= 11 is 0. The molecule has 2 N–H and O–H groups in total. The predicted molar refractivity (Wildman–Crippen MR) is 84.8 cm³/mol. The summed E-state index contributed by atoms with van der Waals surface area (Å²) in [4.78, 5) is 13.4. The summed E-state index contributed by atoms with van der Waals surface area (Å²) in [6, 6.07) is 5.16. The number of nitrogens with zero attached hydrogens (tertiary/aromatic N) is 1. The van der Waals surface area contributed by atoms with Crippen molar-refractivity contribution in [3.63, 3.8) is 0 Å². The van der Waals surface area contributed by atoms with Gasteiger partial charge in [-0.05, 0) is 38.1 Å². The Kier molecular flexibility index (Phi) is 6.09. The number of carbonyl (C=O) groups excluding carboxylic acids is 1. The van der Waals surface area contributed by atoms with Crippen LogP contribution in [0.2, 0.25) is 0 Å². The highest BCUT2D eigenvalue weighted by Gasteiger charge is 2.26. The molecule has 0 aliphatic carbocycles. The Balaban J connectivity index is 1.83. The normalized spacial score (nSPS) is 18.3. The topological polar surface area (TPSA) is 78.5 Å². The second-order valence-electron chi connectivity index (χ2n) is 5.63. The average molecular weight is 343 g/mol. The van der Waals surface area contributed by atoms with Gasteiger partial charge in [0.1, 0.15) is 10.7 Å². The van der Waals surface area contributed by atoms with E-state index in [-0.39, 0.29) is 18.9 Å².